The van der Waals surface area contributed by atoms with Gasteiger partial charge in [0.2, 0.25) is 0 Å². The van der Waals surface area contributed by atoms with E-state index in [9.17, 15) is 18.0 Å². The molecule has 0 aliphatic heterocycles. The standard InChI is InChI=1S/C14H15F3O2/c1-13(2)8-11(13)12(18)7-9-3-5-10(6-4-9)19-14(15,16)17/h3-6,11H,7-8H2,1-2H3. The molecule has 1 unspecified atom stereocenters. The van der Waals surface area contributed by atoms with Crippen molar-refractivity contribution < 1.29 is 22.7 Å². The minimum Gasteiger partial charge on any atom is -0.406 e. The molecule has 1 aromatic carbocycles. The molecule has 1 fully saturated rings. The molecule has 2 nitrogen and oxygen atoms in total. The Kier molecular flexibility index (Phi) is 3.32. The van der Waals surface area contributed by atoms with E-state index in [-0.39, 0.29) is 29.3 Å². The number of ether oxygens (including phenoxy) is 1. The number of alkyl halides is 3. The van der Waals surface area contributed by atoms with E-state index in [1.807, 2.05) is 13.8 Å². The molecule has 1 atom stereocenters. The van der Waals surface area contributed by atoms with Crippen LogP contribution in [0.1, 0.15) is 25.8 Å². The molecule has 0 saturated heterocycles. The van der Waals surface area contributed by atoms with Crippen LogP contribution in [0.2, 0.25) is 0 Å². The van der Waals surface area contributed by atoms with Gasteiger partial charge >= 0.3 is 6.36 Å². The molecule has 2 rings (SSSR count). The Morgan fingerprint density at radius 3 is 2.26 bits per heavy atom. The Labute approximate surface area is 109 Å². The first-order chi connectivity index (χ1) is 8.67. The zero-order chi connectivity index (χ0) is 14.3. The number of carbonyl (C=O) groups excluding carboxylic acids is 1. The van der Waals surface area contributed by atoms with Crippen LogP contribution in [0.5, 0.6) is 5.75 Å². The quantitative estimate of drug-likeness (QED) is 0.834. The van der Waals surface area contributed by atoms with Gasteiger partial charge in [-0.1, -0.05) is 26.0 Å². The van der Waals surface area contributed by atoms with Gasteiger partial charge in [0, 0.05) is 12.3 Å². The molecule has 104 valence electrons. The topological polar surface area (TPSA) is 26.3 Å². The summed E-state index contributed by atoms with van der Waals surface area (Å²) in [5.41, 5.74) is 0.790. The fourth-order valence-corrected chi connectivity index (χ4v) is 2.15. The fourth-order valence-electron chi connectivity index (χ4n) is 2.15. The van der Waals surface area contributed by atoms with Crippen molar-refractivity contribution in [2.24, 2.45) is 11.3 Å². The summed E-state index contributed by atoms with van der Waals surface area (Å²) in [6, 6.07) is 5.45. The lowest BCUT2D eigenvalue weighted by atomic mass is 10.0. The number of ketones is 1. The highest BCUT2D eigenvalue weighted by Gasteiger charge is 2.49. The lowest BCUT2D eigenvalue weighted by Crippen LogP contribution is -2.17. The second-order valence-corrected chi connectivity index (χ2v) is 5.58. The molecule has 0 spiro atoms. The number of benzene rings is 1. The normalized spacial score (nSPS) is 21.0. The van der Waals surface area contributed by atoms with Gasteiger partial charge in [-0.2, -0.15) is 0 Å². The van der Waals surface area contributed by atoms with E-state index in [0.717, 1.165) is 6.42 Å². The van der Waals surface area contributed by atoms with Crippen LogP contribution in [0.4, 0.5) is 13.2 Å². The monoisotopic (exact) mass is 272 g/mol. The van der Waals surface area contributed by atoms with Crippen molar-refractivity contribution in [2.75, 3.05) is 0 Å². The zero-order valence-electron chi connectivity index (χ0n) is 10.8. The van der Waals surface area contributed by atoms with E-state index in [2.05, 4.69) is 4.74 Å². The van der Waals surface area contributed by atoms with E-state index in [1.165, 1.54) is 24.3 Å². The van der Waals surface area contributed by atoms with Crippen molar-refractivity contribution in [3.05, 3.63) is 29.8 Å². The lowest BCUT2D eigenvalue weighted by molar-refractivity contribution is -0.274. The molecule has 1 saturated carbocycles. The molecule has 0 aromatic heterocycles. The van der Waals surface area contributed by atoms with Crippen molar-refractivity contribution >= 4 is 5.78 Å². The maximum atomic E-state index is 12.0. The fraction of sp³-hybridized carbons (Fsp3) is 0.500. The van der Waals surface area contributed by atoms with Crippen LogP contribution in [0.25, 0.3) is 0 Å². The van der Waals surface area contributed by atoms with Crippen molar-refractivity contribution in [3.8, 4) is 5.75 Å². The average Bonchev–Trinajstić information content (AvgIpc) is 2.89. The first kappa shape index (κ1) is 13.9. The van der Waals surface area contributed by atoms with Crippen molar-refractivity contribution in [3.63, 3.8) is 0 Å². The predicted molar refractivity (Wildman–Crippen MR) is 63.7 cm³/mol. The molecule has 5 heteroatoms. The van der Waals surface area contributed by atoms with E-state index in [1.54, 1.807) is 0 Å². The second kappa shape index (κ2) is 4.54. The summed E-state index contributed by atoms with van der Waals surface area (Å²) in [5, 5.41) is 0. The third-order valence-electron chi connectivity index (χ3n) is 3.44. The maximum absolute atomic E-state index is 12.0. The van der Waals surface area contributed by atoms with Crippen LogP contribution < -0.4 is 4.74 Å². The minimum atomic E-state index is -4.69. The zero-order valence-corrected chi connectivity index (χ0v) is 10.8. The van der Waals surface area contributed by atoms with Crippen LogP contribution in [-0.4, -0.2) is 12.1 Å². The van der Waals surface area contributed by atoms with Crippen molar-refractivity contribution in [2.45, 2.75) is 33.1 Å². The van der Waals surface area contributed by atoms with Gasteiger partial charge in [0.1, 0.15) is 11.5 Å². The van der Waals surface area contributed by atoms with Gasteiger partial charge in [-0.3, -0.25) is 4.79 Å². The van der Waals surface area contributed by atoms with Crippen LogP contribution in [0, 0.1) is 11.3 Å². The summed E-state index contributed by atoms with van der Waals surface area (Å²) in [6.07, 6.45) is -3.53. The molecular formula is C14H15F3O2. The summed E-state index contributed by atoms with van der Waals surface area (Å²) < 4.78 is 39.7. The third kappa shape index (κ3) is 3.72. The van der Waals surface area contributed by atoms with Crippen molar-refractivity contribution in [1.29, 1.82) is 0 Å². The van der Waals surface area contributed by atoms with E-state index in [0.29, 0.717) is 5.56 Å². The molecule has 1 aliphatic carbocycles. The highest BCUT2D eigenvalue weighted by Crippen LogP contribution is 2.52. The largest absolute Gasteiger partial charge is 0.573 e. The summed E-state index contributed by atoms with van der Waals surface area (Å²) in [5.74, 6) is -0.0384. The maximum Gasteiger partial charge on any atom is 0.573 e. The van der Waals surface area contributed by atoms with Gasteiger partial charge in [-0.15, -0.1) is 13.2 Å². The Morgan fingerprint density at radius 2 is 1.84 bits per heavy atom. The molecule has 0 amide bonds. The number of carbonyl (C=O) groups is 1. The number of hydrogen-bond donors (Lipinski definition) is 0. The van der Waals surface area contributed by atoms with Gasteiger partial charge in [0.25, 0.3) is 0 Å². The Bertz CT molecular complexity index is 474. The number of rotatable bonds is 4. The Hall–Kier alpha value is -1.52. The van der Waals surface area contributed by atoms with Gasteiger partial charge in [0.15, 0.2) is 0 Å². The average molecular weight is 272 g/mol. The van der Waals surface area contributed by atoms with Crippen LogP contribution >= 0.6 is 0 Å². The number of Topliss-reactive ketones (excluding diaryl/α,β-unsaturated/α-hetero) is 1. The summed E-state index contributed by atoms with van der Waals surface area (Å²) >= 11 is 0. The molecule has 0 radical (unpaired) electrons. The van der Waals surface area contributed by atoms with E-state index < -0.39 is 6.36 Å². The molecule has 0 heterocycles. The molecule has 19 heavy (non-hydrogen) atoms. The number of hydrogen-bond acceptors (Lipinski definition) is 2. The molecule has 0 N–H and O–H groups in total. The van der Waals surface area contributed by atoms with Gasteiger partial charge < -0.3 is 4.74 Å². The lowest BCUT2D eigenvalue weighted by Gasteiger charge is -2.09. The first-order valence-electron chi connectivity index (χ1n) is 6.05. The predicted octanol–water partition coefficient (Wildman–Crippen LogP) is 3.74. The number of halogens is 3. The molecule has 1 aliphatic rings. The first-order valence-corrected chi connectivity index (χ1v) is 6.05. The molecular weight excluding hydrogens is 257 g/mol. The highest BCUT2D eigenvalue weighted by atomic mass is 19.4. The summed E-state index contributed by atoms with van der Waals surface area (Å²) in [6.45, 7) is 4.08. The van der Waals surface area contributed by atoms with Crippen molar-refractivity contribution in [1.82, 2.24) is 0 Å². The van der Waals surface area contributed by atoms with Gasteiger partial charge in [-0.05, 0) is 29.5 Å². The van der Waals surface area contributed by atoms with Crippen LogP contribution in [0.3, 0.4) is 0 Å². The van der Waals surface area contributed by atoms with Crippen LogP contribution in [0.15, 0.2) is 24.3 Å². The third-order valence-corrected chi connectivity index (χ3v) is 3.44. The van der Waals surface area contributed by atoms with E-state index in [4.69, 9.17) is 0 Å². The molecule has 0 bridgehead atoms. The minimum absolute atomic E-state index is 0.0798. The van der Waals surface area contributed by atoms with E-state index >= 15 is 0 Å². The Balaban J connectivity index is 1.94. The summed E-state index contributed by atoms with van der Waals surface area (Å²) in [7, 11) is 0. The SMILES string of the molecule is CC1(C)CC1C(=O)Cc1ccc(OC(F)(F)F)cc1. The van der Waals surface area contributed by atoms with Gasteiger partial charge in [0.05, 0.1) is 0 Å². The second-order valence-electron chi connectivity index (χ2n) is 5.58. The highest BCUT2D eigenvalue weighted by molar-refractivity contribution is 5.86. The van der Waals surface area contributed by atoms with Crippen LogP contribution in [-0.2, 0) is 11.2 Å². The summed E-state index contributed by atoms with van der Waals surface area (Å²) in [4.78, 5) is 11.9. The smallest absolute Gasteiger partial charge is 0.406 e. The Morgan fingerprint density at radius 1 is 1.32 bits per heavy atom. The van der Waals surface area contributed by atoms with Gasteiger partial charge in [-0.25, -0.2) is 0 Å². The molecule has 1 aromatic rings.